The summed E-state index contributed by atoms with van der Waals surface area (Å²) in [5, 5.41) is 13.0. The van der Waals surface area contributed by atoms with Crippen molar-refractivity contribution in [3.05, 3.63) is 116 Å². The number of pyridine rings is 1. The largest absolute Gasteiger partial charge is 0.494 e. The van der Waals surface area contributed by atoms with Crippen LogP contribution in [-0.2, 0) is 20.5 Å². The van der Waals surface area contributed by atoms with Crippen molar-refractivity contribution in [2.45, 2.75) is 60.4 Å². The van der Waals surface area contributed by atoms with E-state index in [-0.39, 0.29) is 11.9 Å². The summed E-state index contributed by atoms with van der Waals surface area (Å²) >= 11 is 13.6. The van der Waals surface area contributed by atoms with E-state index in [0.717, 1.165) is 94.4 Å². The van der Waals surface area contributed by atoms with Crippen molar-refractivity contribution in [3.63, 3.8) is 0 Å². The molecule has 6 heterocycles. The average Bonchev–Trinajstić information content (AvgIpc) is 3.92. The number of carbonyl (C=O) groups excluding carboxylic acids is 1. The summed E-state index contributed by atoms with van der Waals surface area (Å²) in [5.41, 5.74) is 12.9. The van der Waals surface area contributed by atoms with E-state index in [2.05, 4.69) is 53.4 Å². The molecule has 0 N–H and O–H groups in total. The summed E-state index contributed by atoms with van der Waals surface area (Å²) in [4.78, 5) is 22.1. The van der Waals surface area contributed by atoms with Crippen LogP contribution in [0.3, 0.4) is 0 Å². The van der Waals surface area contributed by atoms with Crippen LogP contribution in [-0.4, -0.2) is 52.6 Å². The van der Waals surface area contributed by atoms with Gasteiger partial charge in [-0.25, -0.2) is 9.50 Å². The van der Waals surface area contributed by atoms with Gasteiger partial charge in [-0.1, -0.05) is 35.3 Å². The molecule has 8 aromatic rings. The monoisotopic (exact) mass is 798 g/mol. The fraction of sp³-hybridized carbons (Fsp3) is 0.289. The van der Waals surface area contributed by atoms with E-state index < -0.39 is 0 Å². The molecule has 0 unspecified atom stereocenters. The minimum Gasteiger partial charge on any atom is -0.494 e. The van der Waals surface area contributed by atoms with Crippen LogP contribution in [0.5, 0.6) is 5.75 Å². The van der Waals surface area contributed by atoms with E-state index in [1.54, 1.807) is 0 Å². The molecule has 9 rings (SSSR count). The molecular formula is C45H44Cl2N8O2. The van der Waals surface area contributed by atoms with Crippen molar-refractivity contribution in [2.24, 2.45) is 14.1 Å². The Balaban J connectivity index is 1.17. The van der Waals surface area contributed by atoms with E-state index in [1.165, 1.54) is 0 Å². The molecule has 0 fully saturated rings. The minimum absolute atomic E-state index is 0.0507. The number of rotatable bonds is 8. The van der Waals surface area contributed by atoms with Crippen molar-refractivity contribution in [1.82, 2.24) is 33.5 Å². The Morgan fingerprint density at radius 3 is 2.39 bits per heavy atom. The number of nitrogens with zero attached hydrogens (tertiary/aromatic N) is 8. The number of halogens is 2. The highest BCUT2D eigenvalue weighted by atomic mass is 35.5. The van der Waals surface area contributed by atoms with Crippen molar-refractivity contribution in [2.75, 3.05) is 18.1 Å². The van der Waals surface area contributed by atoms with Gasteiger partial charge in [-0.2, -0.15) is 5.10 Å². The van der Waals surface area contributed by atoms with E-state index in [0.29, 0.717) is 42.5 Å². The fourth-order valence-electron chi connectivity index (χ4n) is 8.82. The summed E-state index contributed by atoms with van der Waals surface area (Å²) in [6, 6.07) is 20.1. The predicted molar refractivity (Wildman–Crippen MR) is 229 cm³/mol. The molecule has 0 spiro atoms. The smallest absolute Gasteiger partial charge is 0.275 e. The van der Waals surface area contributed by atoms with Gasteiger partial charge in [0.15, 0.2) is 11.5 Å². The third-order valence-corrected chi connectivity index (χ3v) is 12.5. The van der Waals surface area contributed by atoms with Crippen LogP contribution < -0.4 is 9.64 Å². The first-order valence-electron chi connectivity index (χ1n) is 19.3. The van der Waals surface area contributed by atoms with E-state index in [9.17, 15) is 0 Å². The highest BCUT2D eigenvalue weighted by Crippen LogP contribution is 2.46. The van der Waals surface area contributed by atoms with Gasteiger partial charge >= 0.3 is 0 Å². The lowest BCUT2D eigenvalue weighted by Gasteiger charge is -2.34. The second-order valence-electron chi connectivity index (χ2n) is 15.5. The van der Waals surface area contributed by atoms with Crippen LogP contribution in [0.4, 0.5) is 5.69 Å². The number of amides is 1. The van der Waals surface area contributed by atoms with Crippen molar-refractivity contribution >= 4 is 62.2 Å². The Hall–Kier alpha value is -5.58. The SMILES string of the molecule is Cc1cc(OCCCc2c3n(c4c(-c5c(C)nn(C)c5C)c(Cl)ccc24)[C@H](C)CN(c2cn(C)c4ccc(-c5nc6cccc(C)n6n5)cc24)C3=O)cc(C)c1Cl. The third-order valence-electron chi connectivity index (χ3n) is 11.6. The number of ether oxygens (including phenoxy) is 1. The van der Waals surface area contributed by atoms with Crippen LogP contribution in [0.2, 0.25) is 10.0 Å². The molecule has 0 radical (unpaired) electrons. The first kappa shape index (κ1) is 37.0. The lowest BCUT2D eigenvalue weighted by atomic mass is 9.98. The maximum atomic E-state index is 15.3. The van der Waals surface area contributed by atoms with E-state index >= 15 is 4.79 Å². The second kappa shape index (κ2) is 13.8. The molecule has 3 aromatic carbocycles. The Kier molecular flexibility index (Phi) is 8.97. The molecule has 0 aliphatic carbocycles. The van der Waals surface area contributed by atoms with Crippen LogP contribution in [0.15, 0.2) is 66.9 Å². The standard InChI is InChI=1S/C45H44Cl2N8O2/c1-24-19-31(20-25(2)41(24)47)57-18-10-12-32-33-15-16-35(46)40(39-28(5)49-52(8)29(39)6)42(33)54-27(4)22-53(45(56)43(32)54)37-23-51(7)36-17-14-30(21-34(36)37)44-48-38-13-9-11-26(3)55(38)50-44/h9,11,13-17,19-21,23,27H,10,12,18,22H2,1-8H3/t27-/m1/s1. The number of aromatic nitrogens is 7. The first-order valence-corrected chi connectivity index (χ1v) is 20.1. The quantitative estimate of drug-likeness (QED) is 0.143. The summed E-state index contributed by atoms with van der Waals surface area (Å²) in [7, 11) is 3.98. The molecule has 12 heteroatoms. The number of fused-ring (bicyclic) bond motifs is 5. The van der Waals surface area contributed by atoms with Gasteiger partial charge in [-0.3, -0.25) is 9.48 Å². The van der Waals surface area contributed by atoms with Crippen LogP contribution in [0.25, 0.3) is 50.0 Å². The zero-order chi connectivity index (χ0) is 40.0. The maximum absolute atomic E-state index is 15.3. The number of carbonyl (C=O) groups is 1. The highest BCUT2D eigenvalue weighted by molar-refractivity contribution is 6.35. The van der Waals surface area contributed by atoms with Gasteiger partial charge in [0, 0.05) is 82.3 Å². The maximum Gasteiger partial charge on any atom is 0.275 e. The molecule has 0 saturated heterocycles. The average molecular weight is 800 g/mol. The number of aryl methyl sites for hydroxylation is 7. The minimum atomic E-state index is -0.0822. The molecule has 1 aliphatic rings. The van der Waals surface area contributed by atoms with Gasteiger partial charge in [0.1, 0.15) is 11.4 Å². The predicted octanol–water partition coefficient (Wildman–Crippen LogP) is 10.3. The van der Waals surface area contributed by atoms with Gasteiger partial charge in [-0.15, -0.1) is 5.10 Å². The summed E-state index contributed by atoms with van der Waals surface area (Å²) in [5.74, 6) is 1.37. The van der Waals surface area contributed by atoms with E-state index in [1.807, 2.05) is 92.3 Å². The molecule has 1 aliphatic heterocycles. The highest BCUT2D eigenvalue weighted by Gasteiger charge is 2.37. The molecule has 5 aromatic heterocycles. The molecule has 57 heavy (non-hydrogen) atoms. The van der Waals surface area contributed by atoms with Gasteiger partial charge in [-0.05, 0) is 120 Å². The number of hydrogen-bond acceptors (Lipinski definition) is 5. The molecule has 1 atom stereocenters. The summed E-state index contributed by atoms with van der Waals surface area (Å²) < 4.78 is 14.4. The zero-order valence-corrected chi connectivity index (χ0v) is 34.9. The lowest BCUT2D eigenvalue weighted by molar-refractivity contribution is 0.0957. The number of anilines is 1. The zero-order valence-electron chi connectivity index (χ0n) is 33.4. The van der Waals surface area contributed by atoms with Gasteiger partial charge in [0.05, 0.1) is 28.5 Å². The number of hydrogen-bond donors (Lipinski definition) is 0. The van der Waals surface area contributed by atoms with Crippen LogP contribution in [0, 0.1) is 34.6 Å². The Morgan fingerprint density at radius 2 is 1.67 bits per heavy atom. The Morgan fingerprint density at radius 1 is 0.895 bits per heavy atom. The van der Waals surface area contributed by atoms with Crippen molar-refractivity contribution in [1.29, 1.82) is 0 Å². The van der Waals surface area contributed by atoms with Gasteiger partial charge < -0.3 is 18.8 Å². The van der Waals surface area contributed by atoms with E-state index in [4.69, 9.17) is 43.1 Å². The van der Waals surface area contributed by atoms with Gasteiger partial charge in [0.2, 0.25) is 0 Å². The Labute approximate surface area is 341 Å². The molecule has 10 nitrogen and oxygen atoms in total. The molecule has 0 saturated carbocycles. The molecule has 0 bridgehead atoms. The first-order chi connectivity index (χ1) is 27.3. The lowest BCUT2D eigenvalue weighted by Crippen LogP contribution is -2.42. The number of benzene rings is 3. The Bertz CT molecular complexity index is 2930. The molecular weight excluding hydrogens is 755 g/mol. The van der Waals surface area contributed by atoms with Crippen LogP contribution >= 0.6 is 23.2 Å². The summed E-state index contributed by atoms with van der Waals surface area (Å²) in [6.45, 7) is 13.2. The topological polar surface area (TPSA) is 87.4 Å². The van der Waals surface area contributed by atoms with Gasteiger partial charge in [0.25, 0.3) is 5.91 Å². The normalized spacial score (nSPS) is 14.5. The van der Waals surface area contributed by atoms with Crippen LogP contribution in [0.1, 0.15) is 63.6 Å². The molecule has 1 amide bonds. The fourth-order valence-corrected chi connectivity index (χ4v) is 9.18. The third kappa shape index (κ3) is 5.91. The second-order valence-corrected chi connectivity index (χ2v) is 16.3. The van der Waals surface area contributed by atoms with Crippen molar-refractivity contribution < 1.29 is 9.53 Å². The summed E-state index contributed by atoms with van der Waals surface area (Å²) in [6.07, 6.45) is 3.38. The van der Waals surface area contributed by atoms with Crippen molar-refractivity contribution in [3.8, 4) is 28.3 Å². The molecule has 290 valence electrons.